The van der Waals surface area contributed by atoms with Crippen LogP contribution >= 0.6 is 22.6 Å². The van der Waals surface area contributed by atoms with E-state index in [1.165, 1.54) is 12.8 Å². The van der Waals surface area contributed by atoms with Crippen molar-refractivity contribution < 1.29 is 15.3 Å². The Morgan fingerprint density at radius 1 is 1.23 bits per heavy atom. The first-order valence-corrected chi connectivity index (χ1v) is 5.59. The fourth-order valence-electron chi connectivity index (χ4n) is 0.937. The molecular formula is C9H17IO3. The van der Waals surface area contributed by atoms with Gasteiger partial charge in [0, 0.05) is 0 Å². The van der Waals surface area contributed by atoms with Crippen LogP contribution in [-0.4, -0.2) is 21.3 Å². The van der Waals surface area contributed by atoms with Crippen LogP contribution in [0.5, 0.6) is 0 Å². The Bertz CT molecular complexity index is 161. The van der Waals surface area contributed by atoms with Crippen molar-refractivity contribution in [1.82, 2.24) is 0 Å². The zero-order valence-corrected chi connectivity index (χ0v) is 9.99. The molecule has 0 unspecified atom stereocenters. The molecule has 0 heterocycles. The summed E-state index contributed by atoms with van der Waals surface area (Å²) in [6.07, 6.45) is 6.98. The lowest BCUT2D eigenvalue weighted by Gasteiger charge is -2.12. The molecule has 0 saturated heterocycles. The Morgan fingerprint density at radius 2 is 1.85 bits per heavy atom. The van der Waals surface area contributed by atoms with Gasteiger partial charge in [-0.2, -0.15) is 0 Å². The van der Waals surface area contributed by atoms with E-state index < -0.39 is 5.97 Å². The smallest absolute Gasteiger partial charge is 0.310 e. The molecule has 0 fully saturated rings. The molecule has 0 aliphatic carbocycles. The molecule has 0 aromatic heterocycles. The van der Waals surface area contributed by atoms with E-state index in [4.69, 9.17) is 15.3 Å². The highest BCUT2D eigenvalue weighted by molar-refractivity contribution is 14.1. The summed E-state index contributed by atoms with van der Waals surface area (Å²) in [5.41, 5.74) is 0. The fourth-order valence-corrected chi connectivity index (χ4v) is 1.25. The van der Waals surface area contributed by atoms with Crippen LogP contribution in [0.3, 0.4) is 0 Å². The normalized spacial score (nSPS) is 13.5. The predicted molar refractivity (Wildman–Crippen MR) is 60.2 cm³/mol. The highest BCUT2D eigenvalue weighted by Crippen LogP contribution is 2.19. The van der Waals surface area contributed by atoms with Gasteiger partial charge in [0.1, 0.15) is 0 Å². The summed E-state index contributed by atoms with van der Waals surface area (Å²) in [6, 6.07) is 0. The average Bonchev–Trinajstić information content (AvgIpc) is 2.02. The molecule has 3 N–H and O–H groups in total. The molecule has 0 aliphatic rings. The third-order valence-corrected chi connectivity index (χ3v) is 2.87. The molecule has 78 valence electrons. The van der Waals surface area contributed by atoms with Crippen LogP contribution in [0.1, 0.15) is 39.0 Å². The van der Waals surface area contributed by atoms with E-state index in [-0.39, 0.29) is 3.58 Å². The van der Waals surface area contributed by atoms with Gasteiger partial charge in [-0.1, -0.05) is 32.3 Å². The molecule has 0 bridgehead atoms. The minimum Gasteiger partial charge on any atom is -0.339 e. The minimum absolute atomic E-state index is 0.168. The highest BCUT2D eigenvalue weighted by Gasteiger charge is 2.21. The standard InChI is InChI=1S/C9H17IO3/c1-2-3-4-5-6-7-8(10)9(11,12)13/h7,11-13H,2-6H2,1H3. The molecule has 0 aliphatic heterocycles. The third-order valence-electron chi connectivity index (χ3n) is 1.70. The van der Waals surface area contributed by atoms with E-state index in [9.17, 15) is 0 Å². The maximum absolute atomic E-state index is 8.72. The van der Waals surface area contributed by atoms with Gasteiger partial charge in [0.25, 0.3) is 0 Å². The van der Waals surface area contributed by atoms with Gasteiger partial charge in [0.15, 0.2) is 0 Å². The molecule has 0 saturated carbocycles. The van der Waals surface area contributed by atoms with Crippen LogP contribution in [0.2, 0.25) is 0 Å². The molecule has 0 aromatic carbocycles. The third kappa shape index (κ3) is 7.42. The first-order chi connectivity index (χ1) is 5.98. The van der Waals surface area contributed by atoms with Crippen molar-refractivity contribution in [2.24, 2.45) is 0 Å². The van der Waals surface area contributed by atoms with Crippen molar-refractivity contribution in [1.29, 1.82) is 0 Å². The van der Waals surface area contributed by atoms with Gasteiger partial charge >= 0.3 is 5.97 Å². The van der Waals surface area contributed by atoms with Gasteiger partial charge in [-0.15, -0.1) is 0 Å². The van der Waals surface area contributed by atoms with Gasteiger partial charge < -0.3 is 15.3 Å². The van der Waals surface area contributed by atoms with Crippen LogP contribution < -0.4 is 0 Å². The van der Waals surface area contributed by atoms with Gasteiger partial charge in [0.2, 0.25) is 0 Å². The maximum atomic E-state index is 8.72. The lowest BCUT2D eigenvalue weighted by Crippen LogP contribution is -2.26. The maximum Gasteiger partial charge on any atom is 0.310 e. The SMILES string of the molecule is CCCCCCC=C(I)C(O)(O)O. The van der Waals surface area contributed by atoms with Gasteiger partial charge in [-0.3, -0.25) is 0 Å². The predicted octanol–water partition coefficient (Wildman–Crippen LogP) is 1.91. The van der Waals surface area contributed by atoms with Crippen molar-refractivity contribution in [2.45, 2.75) is 45.0 Å². The van der Waals surface area contributed by atoms with Gasteiger partial charge in [-0.05, 0) is 35.4 Å². The molecule has 0 amide bonds. The second kappa shape index (κ2) is 6.75. The van der Waals surface area contributed by atoms with E-state index in [2.05, 4.69) is 6.92 Å². The quantitative estimate of drug-likeness (QED) is 0.399. The van der Waals surface area contributed by atoms with Crippen LogP contribution in [0.4, 0.5) is 0 Å². The van der Waals surface area contributed by atoms with Crippen molar-refractivity contribution in [3.8, 4) is 0 Å². The minimum atomic E-state index is -2.65. The second-order valence-corrected chi connectivity index (χ2v) is 4.20. The molecule has 0 aromatic rings. The summed E-state index contributed by atoms with van der Waals surface area (Å²) < 4.78 is 0.168. The zero-order valence-electron chi connectivity index (χ0n) is 7.83. The molecule has 0 rings (SSSR count). The second-order valence-electron chi connectivity index (χ2n) is 3.04. The van der Waals surface area contributed by atoms with Crippen LogP contribution in [0, 0.1) is 0 Å². The summed E-state index contributed by atoms with van der Waals surface area (Å²) >= 11 is 1.72. The number of aliphatic hydroxyl groups is 3. The van der Waals surface area contributed by atoms with Crippen LogP contribution in [-0.2, 0) is 0 Å². The van der Waals surface area contributed by atoms with Gasteiger partial charge in [0.05, 0.1) is 3.58 Å². The Morgan fingerprint density at radius 3 is 2.31 bits per heavy atom. The van der Waals surface area contributed by atoms with E-state index in [0.29, 0.717) is 0 Å². The number of halogens is 1. The largest absolute Gasteiger partial charge is 0.339 e. The molecule has 4 heteroatoms. The van der Waals surface area contributed by atoms with Crippen molar-refractivity contribution >= 4 is 22.6 Å². The molecule has 0 spiro atoms. The average molecular weight is 300 g/mol. The lowest BCUT2D eigenvalue weighted by atomic mass is 10.1. The molecule has 3 nitrogen and oxygen atoms in total. The van der Waals surface area contributed by atoms with Crippen molar-refractivity contribution in [3.05, 3.63) is 9.66 Å². The number of unbranched alkanes of at least 4 members (excludes halogenated alkanes) is 4. The Hall–Kier alpha value is 0.350. The summed E-state index contributed by atoms with van der Waals surface area (Å²) in [7, 11) is 0. The first-order valence-electron chi connectivity index (χ1n) is 4.51. The first kappa shape index (κ1) is 13.4. The summed E-state index contributed by atoms with van der Waals surface area (Å²) in [5, 5.41) is 26.2. The lowest BCUT2D eigenvalue weighted by molar-refractivity contribution is -0.274. The number of allylic oxidation sites excluding steroid dienone is 1. The summed E-state index contributed by atoms with van der Waals surface area (Å²) in [5.74, 6) is -2.65. The highest BCUT2D eigenvalue weighted by atomic mass is 127. The number of rotatable bonds is 6. The topological polar surface area (TPSA) is 60.7 Å². The van der Waals surface area contributed by atoms with Crippen LogP contribution in [0.25, 0.3) is 0 Å². The van der Waals surface area contributed by atoms with Crippen molar-refractivity contribution in [2.75, 3.05) is 0 Å². The van der Waals surface area contributed by atoms with E-state index in [1.807, 2.05) is 0 Å². The summed E-state index contributed by atoms with van der Waals surface area (Å²) in [6.45, 7) is 2.14. The Balaban J connectivity index is 3.60. The van der Waals surface area contributed by atoms with E-state index in [0.717, 1.165) is 19.3 Å². The van der Waals surface area contributed by atoms with Gasteiger partial charge in [-0.25, -0.2) is 0 Å². The van der Waals surface area contributed by atoms with Crippen LogP contribution in [0.15, 0.2) is 9.66 Å². The molecule has 0 atom stereocenters. The Kier molecular flexibility index (Phi) is 6.93. The van der Waals surface area contributed by atoms with E-state index >= 15 is 0 Å². The zero-order chi connectivity index (χ0) is 10.3. The molecule has 0 radical (unpaired) electrons. The molecule has 13 heavy (non-hydrogen) atoms. The van der Waals surface area contributed by atoms with Crippen molar-refractivity contribution in [3.63, 3.8) is 0 Å². The van der Waals surface area contributed by atoms with E-state index in [1.54, 1.807) is 28.7 Å². The fraction of sp³-hybridized carbons (Fsp3) is 0.778. The monoisotopic (exact) mass is 300 g/mol. The number of hydrogen-bond donors (Lipinski definition) is 3. The summed E-state index contributed by atoms with van der Waals surface area (Å²) in [4.78, 5) is 0. The Labute approximate surface area is 92.6 Å². The molecular weight excluding hydrogens is 283 g/mol. The number of hydrogen-bond acceptors (Lipinski definition) is 3.